The number of nitrogens with one attached hydrogen (secondary N) is 1. The molecule has 0 aliphatic carbocycles. The van der Waals surface area contributed by atoms with Crippen LogP contribution in [0.5, 0.6) is 0 Å². The van der Waals surface area contributed by atoms with Crippen LogP contribution in [-0.2, 0) is 18.5 Å². The monoisotopic (exact) mass is 540 g/mol. The van der Waals surface area contributed by atoms with Gasteiger partial charge in [-0.05, 0) is 73.9 Å². The fourth-order valence-electron chi connectivity index (χ4n) is 5.28. The van der Waals surface area contributed by atoms with Gasteiger partial charge in [0.25, 0.3) is 5.91 Å². The van der Waals surface area contributed by atoms with E-state index in [2.05, 4.69) is 20.0 Å². The molecule has 1 aliphatic rings. The molecule has 1 atom stereocenters. The van der Waals surface area contributed by atoms with E-state index < -0.39 is 11.5 Å². The van der Waals surface area contributed by atoms with Crippen LogP contribution in [0.4, 0.5) is 0 Å². The predicted molar refractivity (Wildman–Crippen MR) is 146 cm³/mol. The van der Waals surface area contributed by atoms with Gasteiger partial charge < -0.3 is 15.0 Å². The standard InChI is InChI=1S/C29H25ClN6O3/c1-17-6-9-25-24(12-17)32-26-10-11-29(15-35(25)26,20-5-3-4-19(13-20)28(38)39)33-27(37)22-8-7-21(14-23(22)30)36-16-31-18(2)34-36/h3-9,12-14,16H,10-11,15H2,1-2H3,(H,33,37)(H,38,39). The lowest BCUT2D eigenvalue weighted by molar-refractivity contribution is 0.0696. The Morgan fingerprint density at radius 1 is 1.08 bits per heavy atom. The van der Waals surface area contributed by atoms with Crippen LogP contribution in [0, 0.1) is 13.8 Å². The summed E-state index contributed by atoms with van der Waals surface area (Å²) in [7, 11) is 0. The molecular weight excluding hydrogens is 516 g/mol. The van der Waals surface area contributed by atoms with Crippen LogP contribution in [0.2, 0.25) is 5.02 Å². The van der Waals surface area contributed by atoms with E-state index in [1.54, 1.807) is 54.3 Å². The number of halogens is 1. The Morgan fingerprint density at radius 2 is 1.92 bits per heavy atom. The third-order valence-corrected chi connectivity index (χ3v) is 7.58. The van der Waals surface area contributed by atoms with Gasteiger partial charge >= 0.3 is 5.97 Å². The Labute approximate surface area is 229 Å². The first-order valence-electron chi connectivity index (χ1n) is 12.5. The van der Waals surface area contributed by atoms with E-state index >= 15 is 0 Å². The summed E-state index contributed by atoms with van der Waals surface area (Å²) in [5, 5.41) is 17.5. The predicted octanol–water partition coefficient (Wildman–Crippen LogP) is 4.86. The summed E-state index contributed by atoms with van der Waals surface area (Å²) in [5.74, 6) is 0.170. The van der Waals surface area contributed by atoms with Gasteiger partial charge in [-0.25, -0.2) is 19.4 Å². The number of fused-ring (bicyclic) bond motifs is 3. The molecule has 6 rings (SSSR count). The second kappa shape index (κ2) is 9.36. The van der Waals surface area contributed by atoms with E-state index in [9.17, 15) is 14.7 Å². The Bertz CT molecular complexity index is 1770. The van der Waals surface area contributed by atoms with Gasteiger partial charge in [0, 0.05) is 6.42 Å². The number of amides is 1. The zero-order valence-corrected chi connectivity index (χ0v) is 22.1. The van der Waals surface area contributed by atoms with Gasteiger partial charge in [-0.15, -0.1) is 0 Å². The number of rotatable bonds is 5. The highest BCUT2D eigenvalue weighted by molar-refractivity contribution is 6.34. The topological polar surface area (TPSA) is 115 Å². The smallest absolute Gasteiger partial charge is 0.335 e. The van der Waals surface area contributed by atoms with E-state index in [-0.39, 0.29) is 16.5 Å². The molecule has 0 saturated heterocycles. The second-order valence-electron chi connectivity index (χ2n) is 9.93. The number of hydrogen-bond donors (Lipinski definition) is 2. The number of carboxylic acids is 1. The van der Waals surface area contributed by atoms with Crippen LogP contribution < -0.4 is 5.32 Å². The maximum Gasteiger partial charge on any atom is 0.335 e. The summed E-state index contributed by atoms with van der Waals surface area (Å²) >= 11 is 6.60. The number of carbonyl (C=O) groups excluding carboxylic acids is 1. The first-order chi connectivity index (χ1) is 18.7. The number of aromatic carboxylic acids is 1. The van der Waals surface area contributed by atoms with E-state index in [0.29, 0.717) is 42.0 Å². The molecule has 5 aromatic rings. The number of carbonyl (C=O) groups is 2. The van der Waals surface area contributed by atoms with Crippen LogP contribution in [0.3, 0.4) is 0 Å². The molecule has 0 radical (unpaired) electrons. The average molecular weight is 541 g/mol. The summed E-state index contributed by atoms with van der Waals surface area (Å²) in [6.45, 7) is 4.21. The number of hydrogen-bond acceptors (Lipinski definition) is 5. The molecule has 10 heteroatoms. The molecule has 1 amide bonds. The number of imidazole rings is 1. The van der Waals surface area contributed by atoms with Gasteiger partial charge in [-0.2, -0.15) is 5.10 Å². The first kappa shape index (κ1) is 24.8. The maximum absolute atomic E-state index is 13.8. The minimum atomic E-state index is -1.03. The van der Waals surface area contributed by atoms with Crippen molar-refractivity contribution in [1.82, 2.24) is 29.6 Å². The first-order valence-corrected chi connectivity index (χ1v) is 12.9. The van der Waals surface area contributed by atoms with Gasteiger partial charge in [0.1, 0.15) is 18.0 Å². The molecule has 0 fully saturated rings. The van der Waals surface area contributed by atoms with Crippen molar-refractivity contribution in [2.45, 2.75) is 38.8 Å². The maximum atomic E-state index is 13.8. The molecule has 1 aliphatic heterocycles. The van der Waals surface area contributed by atoms with Gasteiger partial charge in [0.05, 0.1) is 45.0 Å². The summed E-state index contributed by atoms with van der Waals surface area (Å²) < 4.78 is 3.71. The Balaban J connectivity index is 1.41. The van der Waals surface area contributed by atoms with E-state index in [1.165, 1.54) is 0 Å². The third kappa shape index (κ3) is 4.44. The highest BCUT2D eigenvalue weighted by Gasteiger charge is 2.40. The molecule has 1 unspecified atom stereocenters. The number of nitrogens with zero attached hydrogens (tertiary/aromatic N) is 5. The molecule has 2 N–H and O–H groups in total. The zero-order chi connectivity index (χ0) is 27.3. The Hall–Kier alpha value is -4.50. The highest BCUT2D eigenvalue weighted by atomic mass is 35.5. The summed E-state index contributed by atoms with van der Waals surface area (Å²) in [6, 6.07) is 18.0. The van der Waals surface area contributed by atoms with Crippen molar-refractivity contribution < 1.29 is 14.7 Å². The average Bonchev–Trinajstić information content (AvgIpc) is 3.51. The number of benzene rings is 3. The molecule has 3 heterocycles. The number of carboxylic acid groups (broad SMARTS) is 1. The molecule has 196 valence electrons. The van der Waals surface area contributed by atoms with Crippen molar-refractivity contribution in [1.29, 1.82) is 0 Å². The zero-order valence-electron chi connectivity index (χ0n) is 21.3. The molecule has 0 spiro atoms. The van der Waals surface area contributed by atoms with Crippen molar-refractivity contribution in [3.8, 4) is 5.69 Å². The number of aryl methyl sites for hydroxylation is 3. The van der Waals surface area contributed by atoms with E-state index in [4.69, 9.17) is 16.6 Å². The fraction of sp³-hybridized carbons (Fsp3) is 0.207. The summed E-state index contributed by atoms with van der Waals surface area (Å²) in [6.07, 6.45) is 2.73. The number of aromatic nitrogens is 5. The third-order valence-electron chi connectivity index (χ3n) is 7.27. The van der Waals surface area contributed by atoms with Crippen LogP contribution >= 0.6 is 11.6 Å². The quantitative estimate of drug-likeness (QED) is 0.329. The molecule has 39 heavy (non-hydrogen) atoms. The minimum absolute atomic E-state index is 0.156. The van der Waals surface area contributed by atoms with Crippen LogP contribution in [0.25, 0.3) is 16.7 Å². The lowest BCUT2D eigenvalue weighted by atomic mass is 9.81. The molecule has 0 saturated carbocycles. The van der Waals surface area contributed by atoms with Crippen LogP contribution in [0.15, 0.2) is 67.0 Å². The summed E-state index contributed by atoms with van der Waals surface area (Å²) in [5.41, 5.74) is 3.95. The molecule has 3 aromatic carbocycles. The minimum Gasteiger partial charge on any atom is -0.478 e. The molecule has 2 aromatic heterocycles. The van der Waals surface area contributed by atoms with Crippen LogP contribution in [0.1, 0.15) is 49.9 Å². The largest absolute Gasteiger partial charge is 0.478 e. The van der Waals surface area contributed by atoms with Crippen LogP contribution in [-0.4, -0.2) is 41.3 Å². The van der Waals surface area contributed by atoms with Crippen molar-refractivity contribution in [2.24, 2.45) is 0 Å². The molecule has 0 bridgehead atoms. The summed E-state index contributed by atoms with van der Waals surface area (Å²) in [4.78, 5) is 34.6. The lowest BCUT2D eigenvalue weighted by Crippen LogP contribution is -2.51. The molecule has 9 nitrogen and oxygen atoms in total. The van der Waals surface area contributed by atoms with Gasteiger partial charge in [0.15, 0.2) is 0 Å². The van der Waals surface area contributed by atoms with Gasteiger partial charge in [-0.1, -0.05) is 29.8 Å². The van der Waals surface area contributed by atoms with E-state index in [0.717, 1.165) is 22.4 Å². The molecular formula is C29H25ClN6O3. The van der Waals surface area contributed by atoms with Crippen molar-refractivity contribution >= 4 is 34.5 Å². The normalized spacial score (nSPS) is 16.7. The van der Waals surface area contributed by atoms with Crippen molar-refractivity contribution in [3.63, 3.8) is 0 Å². The van der Waals surface area contributed by atoms with Crippen molar-refractivity contribution in [3.05, 3.63) is 106 Å². The Morgan fingerprint density at radius 3 is 2.67 bits per heavy atom. The Kier molecular flexibility index (Phi) is 5.95. The fourth-order valence-corrected chi connectivity index (χ4v) is 5.54. The SMILES string of the molecule is Cc1ccc2c(c1)nc1n2CC(NC(=O)c2ccc(-n3cnc(C)n3)cc2Cl)(c2cccc(C(=O)O)c2)CC1. The highest BCUT2D eigenvalue weighted by Crippen LogP contribution is 2.37. The van der Waals surface area contributed by atoms with Gasteiger partial charge in [-0.3, -0.25) is 4.79 Å². The lowest BCUT2D eigenvalue weighted by Gasteiger charge is -2.39. The van der Waals surface area contributed by atoms with Gasteiger partial charge in [0.2, 0.25) is 0 Å². The van der Waals surface area contributed by atoms with E-state index in [1.807, 2.05) is 31.2 Å². The second-order valence-corrected chi connectivity index (χ2v) is 10.3. The van der Waals surface area contributed by atoms with Crippen molar-refractivity contribution in [2.75, 3.05) is 0 Å².